The molecule has 3 aromatic heterocycles. The van der Waals surface area contributed by atoms with E-state index in [9.17, 15) is 14.9 Å². The molecule has 126 valence electrons. The molecule has 0 aliphatic carbocycles. The van der Waals surface area contributed by atoms with Crippen molar-refractivity contribution in [2.75, 3.05) is 0 Å². The molecule has 1 atom stereocenters. The van der Waals surface area contributed by atoms with E-state index in [4.69, 9.17) is 0 Å². The Labute approximate surface area is 143 Å². The third-order valence-electron chi connectivity index (χ3n) is 3.77. The zero-order chi connectivity index (χ0) is 18.0. The van der Waals surface area contributed by atoms with Gasteiger partial charge < -0.3 is 0 Å². The monoisotopic (exact) mass is 336 g/mol. The summed E-state index contributed by atoms with van der Waals surface area (Å²) in [5.41, 5.74) is 1.59. The van der Waals surface area contributed by atoms with Crippen molar-refractivity contribution in [3.63, 3.8) is 0 Å². The van der Waals surface area contributed by atoms with Gasteiger partial charge in [-0.1, -0.05) is 6.07 Å². The minimum absolute atomic E-state index is 0.00162. The molecule has 8 heteroatoms. The summed E-state index contributed by atoms with van der Waals surface area (Å²) < 4.78 is 2.63. The van der Waals surface area contributed by atoms with Gasteiger partial charge in [-0.05, 0) is 32.0 Å². The summed E-state index contributed by atoms with van der Waals surface area (Å²) in [7, 11) is 0. The van der Waals surface area contributed by atoms with Crippen LogP contribution in [-0.2, 0) is 11.3 Å². The van der Waals surface area contributed by atoms with Gasteiger partial charge in [0.2, 0.25) is 0 Å². The van der Waals surface area contributed by atoms with E-state index in [0.717, 1.165) is 0 Å². The number of carbonyl (C=O) groups is 1. The van der Waals surface area contributed by atoms with Gasteiger partial charge in [-0.25, -0.2) is 19.4 Å². The number of hydrogen-bond donors (Lipinski definition) is 0. The quantitative estimate of drug-likeness (QED) is 0.692. The third-order valence-corrected chi connectivity index (χ3v) is 3.77. The molecule has 0 aromatic carbocycles. The first-order chi connectivity index (χ1) is 12.0. The van der Waals surface area contributed by atoms with Gasteiger partial charge in [0.1, 0.15) is 0 Å². The van der Waals surface area contributed by atoms with Crippen LogP contribution < -0.4 is 5.69 Å². The van der Waals surface area contributed by atoms with E-state index in [2.05, 4.69) is 15.1 Å². The van der Waals surface area contributed by atoms with Crippen LogP contribution in [0.3, 0.4) is 0 Å². The van der Waals surface area contributed by atoms with Crippen LogP contribution in [-0.4, -0.2) is 29.9 Å². The molecule has 3 heterocycles. The molecule has 0 bridgehead atoms. The summed E-state index contributed by atoms with van der Waals surface area (Å²) in [5, 5.41) is 13.5. The van der Waals surface area contributed by atoms with Crippen molar-refractivity contribution in [3.8, 4) is 6.07 Å². The maximum atomic E-state index is 12.4. The molecule has 25 heavy (non-hydrogen) atoms. The number of nitriles is 1. The van der Waals surface area contributed by atoms with Crippen LogP contribution in [0.1, 0.15) is 29.6 Å². The lowest BCUT2D eigenvalue weighted by Gasteiger charge is -2.08. The van der Waals surface area contributed by atoms with Crippen LogP contribution in [0.4, 0.5) is 0 Å². The highest BCUT2D eigenvalue weighted by molar-refractivity contribution is 5.87. The van der Waals surface area contributed by atoms with Crippen LogP contribution in [0.2, 0.25) is 0 Å². The number of aryl methyl sites for hydroxylation is 3. The van der Waals surface area contributed by atoms with Crippen LogP contribution in [0.5, 0.6) is 0 Å². The number of fused-ring (bicyclic) bond motifs is 1. The Morgan fingerprint density at radius 3 is 2.64 bits per heavy atom. The van der Waals surface area contributed by atoms with Crippen molar-refractivity contribution in [1.82, 2.24) is 24.1 Å². The lowest BCUT2D eigenvalue weighted by Crippen LogP contribution is -2.24. The average molecular weight is 336 g/mol. The molecule has 0 aliphatic heterocycles. The molecule has 0 amide bonds. The SMILES string of the molecule is Cc1cc(C)nc([C@H](C#N)C(=O)CCn2nc3ccccn3c2=O)n1. The van der Waals surface area contributed by atoms with Gasteiger partial charge in [0, 0.05) is 24.0 Å². The lowest BCUT2D eigenvalue weighted by molar-refractivity contribution is -0.119. The Morgan fingerprint density at radius 1 is 1.28 bits per heavy atom. The summed E-state index contributed by atoms with van der Waals surface area (Å²) >= 11 is 0. The van der Waals surface area contributed by atoms with Crippen molar-refractivity contribution in [2.45, 2.75) is 32.7 Å². The van der Waals surface area contributed by atoms with Gasteiger partial charge in [-0.15, -0.1) is 5.10 Å². The predicted octanol–water partition coefficient (Wildman–Crippen LogP) is 1.17. The number of aromatic nitrogens is 5. The number of pyridine rings is 1. The Morgan fingerprint density at radius 2 is 2.00 bits per heavy atom. The van der Waals surface area contributed by atoms with Crippen molar-refractivity contribution in [1.29, 1.82) is 5.26 Å². The molecule has 0 N–H and O–H groups in total. The lowest BCUT2D eigenvalue weighted by atomic mass is 10.0. The standard InChI is InChI=1S/C17H16N6O2/c1-11-9-12(2)20-16(19-11)13(10-18)14(24)6-8-23-17(25)22-7-4-3-5-15(22)21-23/h3-5,7,9,13H,6,8H2,1-2H3/t13-/m1/s1. The summed E-state index contributed by atoms with van der Waals surface area (Å²) in [6.07, 6.45) is 1.61. The first-order valence-corrected chi connectivity index (χ1v) is 7.78. The first kappa shape index (κ1) is 16.5. The number of hydrogen-bond acceptors (Lipinski definition) is 6. The molecule has 8 nitrogen and oxygen atoms in total. The van der Waals surface area contributed by atoms with E-state index in [-0.39, 0.29) is 30.3 Å². The average Bonchev–Trinajstić information content (AvgIpc) is 2.89. The molecular formula is C17H16N6O2. The first-order valence-electron chi connectivity index (χ1n) is 7.78. The maximum Gasteiger partial charge on any atom is 0.350 e. The number of rotatable bonds is 5. The number of Topliss-reactive ketones (excluding diaryl/α,β-unsaturated/α-hetero) is 1. The maximum absolute atomic E-state index is 12.4. The Bertz CT molecular complexity index is 1020. The van der Waals surface area contributed by atoms with E-state index in [1.807, 2.05) is 6.07 Å². The zero-order valence-electron chi connectivity index (χ0n) is 13.9. The molecule has 0 unspecified atom stereocenters. The molecule has 0 fully saturated rings. The van der Waals surface area contributed by atoms with Crippen LogP contribution in [0.15, 0.2) is 35.3 Å². The number of ketones is 1. The Kier molecular flexibility index (Phi) is 4.39. The largest absolute Gasteiger partial charge is 0.350 e. The summed E-state index contributed by atoms with van der Waals surface area (Å²) in [6, 6.07) is 8.96. The van der Waals surface area contributed by atoms with Crippen molar-refractivity contribution in [3.05, 3.63) is 58.2 Å². The molecule has 0 saturated heterocycles. The third kappa shape index (κ3) is 3.30. The summed E-state index contributed by atoms with van der Waals surface area (Å²) in [6.45, 7) is 3.67. The fourth-order valence-corrected chi connectivity index (χ4v) is 2.63. The van der Waals surface area contributed by atoms with Gasteiger partial charge in [-0.2, -0.15) is 5.26 Å². The number of nitrogens with zero attached hydrogens (tertiary/aromatic N) is 6. The minimum atomic E-state index is -1.05. The zero-order valence-corrected chi connectivity index (χ0v) is 13.9. The second kappa shape index (κ2) is 6.65. The highest BCUT2D eigenvalue weighted by atomic mass is 16.2. The minimum Gasteiger partial charge on any atom is -0.298 e. The molecule has 3 aromatic rings. The van der Waals surface area contributed by atoms with E-state index < -0.39 is 5.92 Å². The van der Waals surface area contributed by atoms with E-state index in [1.54, 1.807) is 44.3 Å². The molecule has 0 radical (unpaired) electrons. The van der Waals surface area contributed by atoms with Crippen molar-refractivity contribution < 1.29 is 4.79 Å². The second-order valence-corrected chi connectivity index (χ2v) is 5.72. The van der Waals surface area contributed by atoms with Crippen LogP contribution >= 0.6 is 0 Å². The molecule has 0 aliphatic rings. The highest BCUT2D eigenvalue weighted by Crippen LogP contribution is 2.15. The fraction of sp³-hybridized carbons (Fsp3) is 0.294. The second-order valence-electron chi connectivity index (χ2n) is 5.72. The van der Waals surface area contributed by atoms with Gasteiger partial charge in [-0.3, -0.25) is 9.20 Å². The molecular weight excluding hydrogens is 320 g/mol. The van der Waals surface area contributed by atoms with Crippen molar-refractivity contribution in [2.24, 2.45) is 0 Å². The van der Waals surface area contributed by atoms with Crippen LogP contribution in [0.25, 0.3) is 5.65 Å². The topological polar surface area (TPSA) is 106 Å². The fourth-order valence-electron chi connectivity index (χ4n) is 2.63. The van der Waals surface area contributed by atoms with Gasteiger partial charge >= 0.3 is 5.69 Å². The summed E-state index contributed by atoms with van der Waals surface area (Å²) in [4.78, 5) is 33.0. The van der Waals surface area contributed by atoms with Crippen molar-refractivity contribution >= 4 is 11.4 Å². The molecule has 3 rings (SSSR count). The smallest absolute Gasteiger partial charge is 0.298 e. The summed E-state index contributed by atoms with van der Waals surface area (Å²) in [5.74, 6) is -1.19. The van der Waals surface area contributed by atoms with Crippen LogP contribution in [0, 0.1) is 25.2 Å². The Balaban J connectivity index is 1.79. The molecule has 0 saturated carbocycles. The number of carbonyl (C=O) groups excluding carboxylic acids is 1. The Hall–Kier alpha value is -3.34. The highest BCUT2D eigenvalue weighted by Gasteiger charge is 2.23. The molecule has 0 spiro atoms. The van der Waals surface area contributed by atoms with Gasteiger partial charge in [0.05, 0.1) is 12.6 Å². The normalized spacial score (nSPS) is 12.0. The van der Waals surface area contributed by atoms with E-state index in [0.29, 0.717) is 17.0 Å². The van der Waals surface area contributed by atoms with Gasteiger partial charge in [0.15, 0.2) is 23.2 Å². The van der Waals surface area contributed by atoms with Gasteiger partial charge in [0.25, 0.3) is 0 Å². The predicted molar refractivity (Wildman–Crippen MR) is 88.9 cm³/mol. The van der Waals surface area contributed by atoms with E-state index in [1.165, 1.54) is 9.08 Å². The van der Waals surface area contributed by atoms with E-state index >= 15 is 0 Å².